The Labute approximate surface area is 238 Å². The van der Waals surface area contributed by atoms with Crippen molar-refractivity contribution in [2.45, 2.75) is 50.7 Å². The molecule has 1 atom stereocenters. The van der Waals surface area contributed by atoms with Crippen LogP contribution in [0.2, 0.25) is 5.02 Å². The molecule has 40 heavy (non-hydrogen) atoms. The molecule has 0 fully saturated rings. The molecule has 212 valence electrons. The van der Waals surface area contributed by atoms with Gasteiger partial charge >= 0.3 is 0 Å². The van der Waals surface area contributed by atoms with Gasteiger partial charge in [-0.05, 0) is 63.6 Å². The molecule has 0 heterocycles. The van der Waals surface area contributed by atoms with Crippen molar-refractivity contribution in [1.29, 1.82) is 0 Å². The highest BCUT2D eigenvalue weighted by atomic mass is 35.5. The maximum atomic E-state index is 13.9. The normalized spacial score (nSPS) is 12.3. The number of hydrogen-bond donors (Lipinski definition) is 1. The Kier molecular flexibility index (Phi) is 9.54. The van der Waals surface area contributed by atoms with Crippen molar-refractivity contribution in [3.63, 3.8) is 0 Å². The molecule has 3 aromatic rings. The molecule has 1 N–H and O–H groups in total. The summed E-state index contributed by atoms with van der Waals surface area (Å²) >= 11 is 6.36. The van der Waals surface area contributed by atoms with Gasteiger partial charge in [-0.3, -0.25) is 24.0 Å². The number of benzene rings is 3. The number of rotatable bonds is 10. The van der Waals surface area contributed by atoms with Gasteiger partial charge in [-0.2, -0.15) is 0 Å². The number of sulfonamides is 1. The number of hydrogen-bond acceptors (Lipinski definition) is 6. The quantitative estimate of drug-likeness (QED) is 0.269. The fourth-order valence-corrected chi connectivity index (χ4v) is 5.49. The first-order chi connectivity index (χ1) is 18.7. The standard InChI is InChI=1S/C28H31ClN4O6S/c1-20(27(35)30-28(2,3)4)31(18-21-10-8-9-13-25(21)29)26(34)19-32(22-14-16-23(17-15-22)33(36)37)40(38,39)24-11-6-5-7-12-24/h5-17,20H,18-19H2,1-4H3,(H,30,35). The highest BCUT2D eigenvalue weighted by Gasteiger charge is 2.33. The largest absolute Gasteiger partial charge is 0.350 e. The molecular weight excluding hydrogens is 556 g/mol. The summed E-state index contributed by atoms with van der Waals surface area (Å²) in [7, 11) is -4.28. The molecule has 3 rings (SSSR count). The molecular formula is C28H31ClN4O6S. The van der Waals surface area contributed by atoms with E-state index in [9.17, 15) is 28.1 Å². The number of anilines is 1. The van der Waals surface area contributed by atoms with Gasteiger partial charge in [0.15, 0.2) is 0 Å². The van der Waals surface area contributed by atoms with Crippen molar-refractivity contribution in [1.82, 2.24) is 10.2 Å². The van der Waals surface area contributed by atoms with Gasteiger partial charge in [0.25, 0.3) is 15.7 Å². The smallest absolute Gasteiger partial charge is 0.269 e. The van der Waals surface area contributed by atoms with E-state index < -0.39 is 44.9 Å². The van der Waals surface area contributed by atoms with E-state index in [1.54, 1.807) is 70.2 Å². The Morgan fingerprint density at radius 1 is 0.975 bits per heavy atom. The maximum Gasteiger partial charge on any atom is 0.269 e. The molecule has 10 nitrogen and oxygen atoms in total. The first-order valence-electron chi connectivity index (χ1n) is 12.4. The Morgan fingerprint density at radius 3 is 2.10 bits per heavy atom. The Morgan fingerprint density at radius 2 is 1.55 bits per heavy atom. The minimum absolute atomic E-state index is 0.0484. The zero-order chi connectivity index (χ0) is 29.7. The van der Waals surface area contributed by atoms with E-state index in [4.69, 9.17) is 11.6 Å². The average molecular weight is 587 g/mol. The number of halogens is 1. The zero-order valence-electron chi connectivity index (χ0n) is 22.6. The van der Waals surface area contributed by atoms with Gasteiger partial charge < -0.3 is 10.2 Å². The third kappa shape index (κ3) is 7.57. The van der Waals surface area contributed by atoms with Gasteiger partial charge in [0.05, 0.1) is 15.5 Å². The van der Waals surface area contributed by atoms with Crippen molar-refractivity contribution in [2.75, 3.05) is 10.8 Å². The summed E-state index contributed by atoms with van der Waals surface area (Å²) < 4.78 is 28.3. The van der Waals surface area contributed by atoms with Gasteiger partial charge in [-0.1, -0.05) is 48.0 Å². The van der Waals surface area contributed by atoms with E-state index in [0.29, 0.717) is 10.6 Å². The summed E-state index contributed by atoms with van der Waals surface area (Å²) in [6, 6.07) is 18.2. The highest BCUT2D eigenvalue weighted by Crippen LogP contribution is 2.27. The van der Waals surface area contributed by atoms with Crippen LogP contribution in [0.15, 0.2) is 83.8 Å². The van der Waals surface area contributed by atoms with Gasteiger partial charge in [0, 0.05) is 29.2 Å². The van der Waals surface area contributed by atoms with E-state index in [1.165, 1.54) is 29.2 Å². The molecule has 12 heteroatoms. The number of carbonyl (C=O) groups excluding carboxylic acids is 2. The van der Waals surface area contributed by atoms with Crippen LogP contribution in [0, 0.1) is 10.1 Å². The number of non-ortho nitro benzene ring substituents is 1. The topological polar surface area (TPSA) is 130 Å². The molecule has 1 unspecified atom stereocenters. The third-order valence-corrected chi connectivity index (χ3v) is 8.08. The predicted octanol–water partition coefficient (Wildman–Crippen LogP) is 4.78. The van der Waals surface area contributed by atoms with Crippen LogP contribution in [0.3, 0.4) is 0 Å². The highest BCUT2D eigenvalue weighted by molar-refractivity contribution is 7.92. The van der Waals surface area contributed by atoms with Crippen LogP contribution in [0.1, 0.15) is 33.3 Å². The SMILES string of the molecule is CC(C(=O)NC(C)(C)C)N(Cc1ccccc1Cl)C(=O)CN(c1ccc([N+](=O)[O-])cc1)S(=O)(=O)c1ccccc1. The van der Waals surface area contributed by atoms with Crippen LogP contribution in [-0.4, -0.2) is 48.2 Å². The summed E-state index contributed by atoms with van der Waals surface area (Å²) in [5, 5.41) is 14.4. The molecule has 3 aromatic carbocycles. The van der Waals surface area contributed by atoms with Crippen LogP contribution < -0.4 is 9.62 Å². The second kappa shape index (κ2) is 12.5. The Hall–Kier alpha value is -3.96. The summed E-state index contributed by atoms with van der Waals surface area (Å²) in [5.41, 5.74) is -0.195. The molecule has 0 radical (unpaired) electrons. The summed E-state index contributed by atoms with van der Waals surface area (Å²) in [6.45, 7) is 6.24. The Balaban J connectivity index is 2.06. The summed E-state index contributed by atoms with van der Waals surface area (Å²) in [5.74, 6) is -1.10. The lowest BCUT2D eigenvalue weighted by atomic mass is 10.1. The minimum Gasteiger partial charge on any atom is -0.350 e. The molecule has 0 aliphatic heterocycles. The zero-order valence-corrected chi connectivity index (χ0v) is 24.1. The fraction of sp³-hybridized carbons (Fsp3) is 0.286. The molecule has 0 aliphatic rings. The number of amides is 2. The first-order valence-corrected chi connectivity index (χ1v) is 14.2. The second-order valence-corrected chi connectivity index (χ2v) is 12.4. The van der Waals surface area contributed by atoms with Gasteiger partial charge in [0.2, 0.25) is 11.8 Å². The molecule has 2 amide bonds. The minimum atomic E-state index is -4.28. The van der Waals surface area contributed by atoms with E-state index in [0.717, 1.165) is 16.4 Å². The maximum absolute atomic E-state index is 13.9. The average Bonchev–Trinajstić information content (AvgIpc) is 2.90. The first kappa shape index (κ1) is 30.6. The van der Waals surface area contributed by atoms with E-state index >= 15 is 0 Å². The van der Waals surface area contributed by atoms with Gasteiger partial charge in [-0.15, -0.1) is 0 Å². The van der Waals surface area contributed by atoms with Crippen molar-refractivity contribution in [3.05, 3.63) is 99.6 Å². The lowest BCUT2D eigenvalue weighted by Gasteiger charge is -2.33. The second-order valence-electron chi connectivity index (χ2n) is 10.1. The molecule has 0 saturated heterocycles. The van der Waals surface area contributed by atoms with Crippen molar-refractivity contribution >= 4 is 44.8 Å². The molecule has 0 aromatic heterocycles. The number of carbonyl (C=O) groups is 2. The van der Waals surface area contributed by atoms with Crippen LogP contribution in [0.5, 0.6) is 0 Å². The van der Waals surface area contributed by atoms with Crippen molar-refractivity contribution < 1.29 is 22.9 Å². The Bertz CT molecular complexity index is 1470. The summed E-state index contributed by atoms with van der Waals surface area (Å²) in [6.07, 6.45) is 0. The number of nitrogens with one attached hydrogen (secondary N) is 1. The van der Waals surface area contributed by atoms with E-state index in [-0.39, 0.29) is 22.8 Å². The summed E-state index contributed by atoms with van der Waals surface area (Å²) in [4.78, 5) is 38.8. The molecule has 0 aliphatic carbocycles. The third-order valence-electron chi connectivity index (χ3n) is 5.92. The number of nitro groups is 1. The molecule has 0 bridgehead atoms. The number of nitrogens with zero attached hydrogens (tertiary/aromatic N) is 3. The van der Waals surface area contributed by atoms with Crippen LogP contribution in [0.25, 0.3) is 0 Å². The van der Waals surface area contributed by atoms with Crippen molar-refractivity contribution in [2.24, 2.45) is 0 Å². The van der Waals surface area contributed by atoms with E-state index in [2.05, 4.69) is 5.32 Å². The van der Waals surface area contributed by atoms with Gasteiger partial charge in [0.1, 0.15) is 12.6 Å². The monoisotopic (exact) mass is 586 g/mol. The van der Waals surface area contributed by atoms with Crippen LogP contribution in [-0.2, 0) is 26.2 Å². The lowest BCUT2D eigenvalue weighted by molar-refractivity contribution is -0.384. The molecule has 0 saturated carbocycles. The van der Waals surface area contributed by atoms with E-state index in [1.807, 2.05) is 0 Å². The lowest BCUT2D eigenvalue weighted by Crippen LogP contribution is -2.54. The number of nitro benzene ring substituents is 1. The van der Waals surface area contributed by atoms with Crippen LogP contribution in [0.4, 0.5) is 11.4 Å². The van der Waals surface area contributed by atoms with Crippen molar-refractivity contribution in [3.8, 4) is 0 Å². The van der Waals surface area contributed by atoms with Gasteiger partial charge in [-0.25, -0.2) is 8.42 Å². The predicted molar refractivity (Wildman–Crippen MR) is 153 cm³/mol. The molecule has 0 spiro atoms. The fourth-order valence-electron chi connectivity index (χ4n) is 3.86. The van der Waals surface area contributed by atoms with Crippen LogP contribution >= 0.6 is 11.6 Å².